The number of esters is 1. The molecule has 0 aliphatic heterocycles. The third-order valence-electron chi connectivity index (χ3n) is 3.49. The SMILES string of the molecule is CNC(=O)c1ccc(NC(=O)COC(=O)CCSc2ccc(F)c(F)c2)cc1. The predicted octanol–water partition coefficient (Wildman–Crippen LogP) is 2.99. The van der Waals surface area contributed by atoms with Gasteiger partial charge in [0.25, 0.3) is 11.8 Å². The monoisotopic (exact) mass is 408 g/mol. The molecule has 0 saturated heterocycles. The molecule has 0 aliphatic carbocycles. The largest absolute Gasteiger partial charge is 0.456 e. The molecule has 0 atom stereocenters. The Bertz CT molecular complexity index is 860. The lowest BCUT2D eigenvalue weighted by atomic mass is 10.2. The van der Waals surface area contributed by atoms with Crippen molar-refractivity contribution in [3.05, 3.63) is 59.7 Å². The van der Waals surface area contributed by atoms with Crippen LogP contribution in [0.1, 0.15) is 16.8 Å². The maximum absolute atomic E-state index is 13.1. The lowest BCUT2D eigenvalue weighted by Gasteiger charge is -2.07. The third kappa shape index (κ3) is 6.66. The van der Waals surface area contributed by atoms with Crippen LogP contribution < -0.4 is 10.6 Å². The van der Waals surface area contributed by atoms with E-state index in [1.807, 2.05) is 0 Å². The molecular formula is C19H18F2N2O4S. The molecule has 148 valence electrons. The Morgan fingerprint density at radius 2 is 1.75 bits per heavy atom. The summed E-state index contributed by atoms with van der Waals surface area (Å²) in [6, 6.07) is 9.70. The Kier molecular flexibility index (Phi) is 7.94. The van der Waals surface area contributed by atoms with E-state index in [4.69, 9.17) is 4.74 Å². The lowest BCUT2D eigenvalue weighted by molar-refractivity contribution is -0.146. The minimum atomic E-state index is -0.951. The first-order valence-electron chi connectivity index (χ1n) is 8.24. The zero-order valence-electron chi connectivity index (χ0n) is 15.0. The molecule has 6 nitrogen and oxygen atoms in total. The van der Waals surface area contributed by atoms with Crippen LogP contribution in [-0.2, 0) is 14.3 Å². The molecule has 0 bridgehead atoms. The molecule has 2 aromatic carbocycles. The molecule has 0 heterocycles. The van der Waals surface area contributed by atoms with Gasteiger partial charge in [0.2, 0.25) is 0 Å². The van der Waals surface area contributed by atoms with E-state index in [1.54, 1.807) is 24.3 Å². The zero-order chi connectivity index (χ0) is 20.5. The van der Waals surface area contributed by atoms with Crippen LogP contribution in [0.4, 0.5) is 14.5 Å². The number of anilines is 1. The summed E-state index contributed by atoms with van der Waals surface area (Å²) in [6.07, 6.45) is 0.0117. The fourth-order valence-electron chi connectivity index (χ4n) is 2.08. The van der Waals surface area contributed by atoms with Gasteiger partial charge in [0.1, 0.15) is 0 Å². The number of amides is 2. The van der Waals surface area contributed by atoms with Gasteiger partial charge >= 0.3 is 5.97 Å². The van der Waals surface area contributed by atoms with Crippen LogP contribution in [0.15, 0.2) is 47.4 Å². The number of carbonyl (C=O) groups is 3. The molecule has 2 rings (SSSR count). The number of ether oxygens (including phenoxy) is 1. The molecule has 0 fully saturated rings. The second-order valence-corrected chi connectivity index (χ2v) is 6.71. The lowest BCUT2D eigenvalue weighted by Crippen LogP contribution is -2.21. The van der Waals surface area contributed by atoms with E-state index in [0.717, 1.165) is 12.1 Å². The molecule has 9 heteroatoms. The second-order valence-electron chi connectivity index (χ2n) is 5.54. The van der Waals surface area contributed by atoms with Crippen LogP contribution in [0.3, 0.4) is 0 Å². The van der Waals surface area contributed by atoms with E-state index < -0.39 is 30.1 Å². The van der Waals surface area contributed by atoms with Crippen molar-refractivity contribution in [2.75, 3.05) is 24.7 Å². The summed E-state index contributed by atoms with van der Waals surface area (Å²) < 4.78 is 30.8. The standard InChI is InChI=1S/C19H18F2N2O4S/c1-22-19(26)12-2-4-13(5-3-12)23-17(24)11-27-18(25)8-9-28-14-6-7-15(20)16(21)10-14/h2-7,10H,8-9,11H2,1H3,(H,22,26)(H,23,24). The normalized spacial score (nSPS) is 10.2. The van der Waals surface area contributed by atoms with E-state index >= 15 is 0 Å². The topological polar surface area (TPSA) is 84.5 Å². The molecule has 0 aliphatic rings. The Morgan fingerprint density at radius 3 is 2.39 bits per heavy atom. The van der Waals surface area contributed by atoms with Gasteiger partial charge in [-0.25, -0.2) is 8.78 Å². The van der Waals surface area contributed by atoms with Gasteiger partial charge in [0.15, 0.2) is 18.2 Å². The molecule has 0 radical (unpaired) electrons. The maximum atomic E-state index is 13.1. The summed E-state index contributed by atoms with van der Waals surface area (Å²) in [5.74, 6) is -2.93. The van der Waals surface area contributed by atoms with Crippen LogP contribution in [0.5, 0.6) is 0 Å². The summed E-state index contributed by atoms with van der Waals surface area (Å²) in [6.45, 7) is -0.453. The highest BCUT2D eigenvalue weighted by atomic mass is 32.2. The van der Waals surface area contributed by atoms with Crippen LogP contribution in [-0.4, -0.2) is 37.2 Å². The van der Waals surface area contributed by atoms with Crippen molar-refractivity contribution < 1.29 is 27.9 Å². The molecule has 0 aromatic heterocycles. The molecule has 0 saturated carbocycles. The molecular weight excluding hydrogens is 390 g/mol. The van der Waals surface area contributed by atoms with Gasteiger partial charge in [0.05, 0.1) is 6.42 Å². The summed E-state index contributed by atoms with van der Waals surface area (Å²) in [7, 11) is 1.52. The maximum Gasteiger partial charge on any atom is 0.307 e. The van der Waals surface area contributed by atoms with Crippen molar-refractivity contribution in [1.29, 1.82) is 0 Å². The van der Waals surface area contributed by atoms with Gasteiger partial charge in [-0.05, 0) is 42.5 Å². The first kappa shape index (κ1) is 21.4. The van der Waals surface area contributed by atoms with E-state index in [-0.39, 0.29) is 12.3 Å². The van der Waals surface area contributed by atoms with Gasteiger partial charge in [-0.1, -0.05) is 0 Å². The minimum Gasteiger partial charge on any atom is -0.456 e. The van der Waals surface area contributed by atoms with Gasteiger partial charge in [0, 0.05) is 28.9 Å². The number of benzene rings is 2. The zero-order valence-corrected chi connectivity index (χ0v) is 15.8. The van der Waals surface area contributed by atoms with Crippen molar-refractivity contribution in [1.82, 2.24) is 5.32 Å². The summed E-state index contributed by atoms with van der Waals surface area (Å²) >= 11 is 1.17. The molecule has 2 aromatic rings. The summed E-state index contributed by atoms with van der Waals surface area (Å²) in [5.41, 5.74) is 0.910. The summed E-state index contributed by atoms with van der Waals surface area (Å²) in [5, 5.41) is 5.03. The summed E-state index contributed by atoms with van der Waals surface area (Å²) in [4.78, 5) is 35.4. The number of carbonyl (C=O) groups excluding carboxylic acids is 3. The molecule has 0 unspecified atom stereocenters. The van der Waals surface area contributed by atoms with Crippen LogP contribution >= 0.6 is 11.8 Å². The van der Waals surface area contributed by atoms with Gasteiger partial charge < -0.3 is 15.4 Å². The quantitative estimate of drug-likeness (QED) is 0.518. The smallest absolute Gasteiger partial charge is 0.307 e. The average molecular weight is 408 g/mol. The molecule has 28 heavy (non-hydrogen) atoms. The van der Waals surface area contributed by atoms with Crippen molar-refractivity contribution >= 4 is 35.2 Å². The van der Waals surface area contributed by atoms with E-state index in [0.29, 0.717) is 21.9 Å². The third-order valence-corrected chi connectivity index (χ3v) is 4.48. The number of hydrogen-bond donors (Lipinski definition) is 2. The Labute approximate surface area is 164 Å². The number of thioether (sulfide) groups is 1. The van der Waals surface area contributed by atoms with E-state index in [2.05, 4.69) is 10.6 Å². The highest BCUT2D eigenvalue weighted by Gasteiger charge is 2.10. The van der Waals surface area contributed by atoms with Crippen LogP contribution in [0.2, 0.25) is 0 Å². The predicted molar refractivity (Wildman–Crippen MR) is 101 cm³/mol. The molecule has 0 spiro atoms. The number of nitrogens with one attached hydrogen (secondary N) is 2. The van der Waals surface area contributed by atoms with E-state index in [1.165, 1.54) is 24.9 Å². The van der Waals surface area contributed by atoms with Crippen LogP contribution in [0.25, 0.3) is 0 Å². The van der Waals surface area contributed by atoms with E-state index in [9.17, 15) is 23.2 Å². The Balaban J connectivity index is 1.69. The number of rotatable bonds is 8. The van der Waals surface area contributed by atoms with Crippen molar-refractivity contribution in [2.24, 2.45) is 0 Å². The fraction of sp³-hybridized carbons (Fsp3) is 0.211. The van der Waals surface area contributed by atoms with Gasteiger partial charge in [-0.15, -0.1) is 11.8 Å². The van der Waals surface area contributed by atoms with Crippen molar-refractivity contribution in [2.45, 2.75) is 11.3 Å². The van der Waals surface area contributed by atoms with Crippen molar-refractivity contribution in [3.63, 3.8) is 0 Å². The Morgan fingerprint density at radius 1 is 1.04 bits per heavy atom. The number of halogens is 2. The molecule has 2 amide bonds. The van der Waals surface area contributed by atoms with Gasteiger partial charge in [-0.2, -0.15) is 0 Å². The minimum absolute atomic E-state index is 0.0117. The van der Waals surface area contributed by atoms with Gasteiger partial charge in [-0.3, -0.25) is 14.4 Å². The number of hydrogen-bond acceptors (Lipinski definition) is 5. The first-order chi connectivity index (χ1) is 13.4. The highest BCUT2D eigenvalue weighted by molar-refractivity contribution is 7.99. The first-order valence-corrected chi connectivity index (χ1v) is 9.23. The van der Waals surface area contributed by atoms with Crippen molar-refractivity contribution in [3.8, 4) is 0 Å². The Hall–Kier alpha value is -2.94. The highest BCUT2D eigenvalue weighted by Crippen LogP contribution is 2.21. The molecule has 2 N–H and O–H groups in total. The average Bonchev–Trinajstić information content (AvgIpc) is 2.69. The van der Waals surface area contributed by atoms with Crippen LogP contribution in [0, 0.1) is 11.6 Å². The second kappa shape index (κ2) is 10.4. The fourth-order valence-corrected chi connectivity index (χ4v) is 2.94.